The summed E-state index contributed by atoms with van der Waals surface area (Å²) in [5.74, 6) is 0. The molecule has 21 heavy (non-hydrogen) atoms. The van der Waals surface area contributed by atoms with Gasteiger partial charge in [0.1, 0.15) is 0 Å². The molecule has 2 aromatic rings. The summed E-state index contributed by atoms with van der Waals surface area (Å²) in [5, 5.41) is 23.6. The van der Waals surface area contributed by atoms with E-state index in [0.29, 0.717) is 10.7 Å². The predicted molar refractivity (Wildman–Crippen MR) is 80.9 cm³/mol. The van der Waals surface area contributed by atoms with Crippen molar-refractivity contribution in [3.8, 4) is 5.69 Å². The molecule has 1 unspecified atom stereocenters. The first-order valence-electron chi connectivity index (χ1n) is 6.37. The van der Waals surface area contributed by atoms with Crippen molar-refractivity contribution in [1.82, 2.24) is 9.88 Å². The van der Waals surface area contributed by atoms with Gasteiger partial charge < -0.3 is 25.4 Å². The largest absolute Gasteiger partial charge is 0.394 e. The molecule has 1 aromatic heterocycles. The van der Waals surface area contributed by atoms with E-state index in [-0.39, 0.29) is 6.54 Å². The minimum Gasteiger partial charge on any atom is -0.394 e. The van der Waals surface area contributed by atoms with Gasteiger partial charge in [-0.1, -0.05) is 11.6 Å². The molecule has 0 fully saturated rings. The fourth-order valence-electron chi connectivity index (χ4n) is 1.76. The summed E-state index contributed by atoms with van der Waals surface area (Å²) >= 11 is 5.99. The Morgan fingerprint density at radius 2 is 2.05 bits per heavy atom. The smallest absolute Gasteiger partial charge is 0.319 e. The molecule has 0 saturated carbocycles. The number of anilines is 1. The highest BCUT2D eigenvalue weighted by Crippen LogP contribution is 2.24. The highest BCUT2D eigenvalue weighted by Gasteiger charge is 2.10. The standard InChI is InChI=1S/C14H16ClN3O3/c15-10-3-4-12(13(7-10)18-5-1-2-6-18)17-14(21)16-8-11(20)9-19/h1-7,11,19-20H,8-9H2,(H2,16,17,21). The van der Waals surface area contributed by atoms with Crippen LogP contribution in [0.2, 0.25) is 5.02 Å². The maximum atomic E-state index is 11.8. The van der Waals surface area contributed by atoms with E-state index in [1.54, 1.807) is 18.2 Å². The first kappa shape index (κ1) is 15.4. The van der Waals surface area contributed by atoms with Gasteiger partial charge in [0.2, 0.25) is 0 Å². The van der Waals surface area contributed by atoms with E-state index < -0.39 is 18.7 Å². The van der Waals surface area contributed by atoms with Crippen LogP contribution < -0.4 is 10.6 Å². The number of aliphatic hydroxyl groups excluding tert-OH is 2. The molecule has 2 amide bonds. The molecule has 2 rings (SSSR count). The number of aliphatic hydroxyl groups is 2. The molecule has 0 spiro atoms. The molecule has 1 heterocycles. The monoisotopic (exact) mass is 309 g/mol. The zero-order valence-electron chi connectivity index (χ0n) is 11.2. The molecule has 6 nitrogen and oxygen atoms in total. The molecule has 7 heteroatoms. The quantitative estimate of drug-likeness (QED) is 0.677. The van der Waals surface area contributed by atoms with E-state index in [2.05, 4.69) is 10.6 Å². The molecular weight excluding hydrogens is 294 g/mol. The normalized spacial score (nSPS) is 12.0. The summed E-state index contributed by atoms with van der Waals surface area (Å²) in [4.78, 5) is 11.8. The van der Waals surface area contributed by atoms with Crippen molar-refractivity contribution in [3.05, 3.63) is 47.7 Å². The van der Waals surface area contributed by atoms with Crippen LogP contribution in [-0.2, 0) is 0 Å². The zero-order valence-corrected chi connectivity index (χ0v) is 11.9. The van der Waals surface area contributed by atoms with Gasteiger partial charge >= 0.3 is 6.03 Å². The van der Waals surface area contributed by atoms with Gasteiger partial charge in [0.15, 0.2) is 0 Å². The summed E-state index contributed by atoms with van der Waals surface area (Å²) in [6.45, 7) is -0.440. The Morgan fingerprint density at radius 1 is 1.33 bits per heavy atom. The van der Waals surface area contributed by atoms with Crippen LogP contribution in [-0.4, -0.2) is 40.1 Å². The van der Waals surface area contributed by atoms with Crippen LogP contribution in [0.15, 0.2) is 42.7 Å². The first-order valence-corrected chi connectivity index (χ1v) is 6.74. The van der Waals surface area contributed by atoms with E-state index in [1.165, 1.54) is 0 Å². The van der Waals surface area contributed by atoms with Crippen molar-refractivity contribution in [1.29, 1.82) is 0 Å². The third-order valence-corrected chi connectivity index (χ3v) is 3.03. The zero-order chi connectivity index (χ0) is 15.2. The summed E-state index contributed by atoms with van der Waals surface area (Å²) in [6, 6.07) is 8.36. The molecule has 0 bridgehead atoms. The third kappa shape index (κ3) is 4.22. The van der Waals surface area contributed by atoms with Crippen LogP contribution in [0.5, 0.6) is 0 Å². The van der Waals surface area contributed by atoms with Gasteiger partial charge in [-0.2, -0.15) is 0 Å². The van der Waals surface area contributed by atoms with Crippen molar-refractivity contribution >= 4 is 23.3 Å². The lowest BCUT2D eigenvalue weighted by Crippen LogP contribution is -2.36. The molecular formula is C14H16ClN3O3. The van der Waals surface area contributed by atoms with Crippen molar-refractivity contribution < 1.29 is 15.0 Å². The molecule has 0 saturated heterocycles. The van der Waals surface area contributed by atoms with E-state index >= 15 is 0 Å². The van der Waals surface area contributed by atoms with E-state index in [1.807, 2.05) is 29.1 Å². The van der Waals surface area contributed by atoms with Gasteiger partial charge in [-0.25, -0.2) is 4.79 Å². The number of carbonyl (C=O) groups is 1. The number of amides is 2. The van der Waals surface area contributed by atoms with Gasteiger partial charge in [0.05, 0.1) is 24.1 Å². The lowest BCUT2D eigenvalue weighted by atomic mass is 10.2. The van der Waals surface area contributed by atoms with Crippen LogP contribution in [0, 0.1) is 0 Å². The number of rotatable bonds is 5. The van der Waals surface area contributed by atoms with Crippen molar-refractivity contribution in [2.75, 3.05) is 18.5 Å². The second kappa shape index (κ2) is 7.12. The van der Waals surface area contributed by atoms with Crippen molar-refractivity contribution in [3.63, 3.8) is 0 Å². The number of benzene rings is 1. The lowest BCUT2D eigenvalue weighted by Gasteiger charge is -2.14. The first-order chi connectivity index (χ1) is 10.1. The summed E-state index contributed by atoms with van der Waals surface area (Å²) in [7, 11) is 0. The summed E-state index contributed by atoms with van der Waals surface area (Å²) in [5.41, 5.74) is 1.30. The fourth-order valence-corrected chi connectivity index (χ4v) is 1.93. The van der Waals surface area contributed by atoms with Crippen LogP contribution in [0.3, 0.4) is 0 Å². The average molecular weight is 310 g/mol. The Labute approximate surface area is 127 Å². The average Bonchev–Trinajstić information content (AvgIpc) is 3.00. The van der Waals surface area contributed by atoms with Crippen LogP contribution in [0.4, 0.5) is 10.5 Å². The summed E-state index contributed by atoms with van der Waals surface area (Å²) in [6.07, 6.45) is 2.69. The topological polar surface area (TPSA) is 86.5 Å². The number of hydrogen-bond donors (Lipinski definition) is 4. The van der Waals surface area contributed by atoms with E-state index in [9.17, 15) is 9.90 Å². The molecule has 112 valence electrons. The number of aromatic nitrogens is 1. The number of nitrogens with zero attached hydrogens (tertiary/aromatic N) is 1. The van der Waals surface area contributed by atoms with Crippen molar-refractivity contribution in [2.45, 2.75) is 6.10 Å². The minimum atomic E-state index is -0.982. The van der Waals surface area contributed by atoms with Gasteiger partial charge in [-0.05, 0) is 30.3 Å². The van der Waals surface area contributed by atoms with Gasteiger partial charge in [0, 0.05) is 24.0 Å². The second-order valence-electron chi connectivity index (χ2n) is 4.42. The summed E-state index contributed by atoms with van der Waals surface area (Å²) < 4.78 is 1.82. The van der Waals surface area contributed by atoms with E-state index in [4.69, 9.17) is 16.7 Å². The molecule has 0 radical (unpaired) electrons. The number of hydrogen-bond acceptors (Lipinski definition) is 3. The molecule has 0 aliphatic heterocycles. The van der Waals surface area contributed by atoms with Gasteiger partial charge in [-0.15, -0.1) is 0 Å². The minimum absolute atomic E-state index is 0.0330. The highest BCUT2D eigenvalue weighted by molar-refractivity contribution is 6.30. The Morgan fingerprint density at radius 3 is 2.71 bits per heavy atom. The van der Waals surface area contributed by atoms with E-state index in [0.717, 1.165) is 5.69 Å². The third-order valence-electron chi connectivity index (χ3n) is 2.80. The van der Waals surface area contributed by atoms with Crippen LogP contribution in [0.25, 0.3) is 5.69 Å². The Bertz CT molecular complexity index is 602. The molecule has 0 aliphatic rings. The Balaban J connectivity index is 2.11. The number of nitrogens with one attached hydrogen (secondary N) is 2. The van der Waals surface area contributed by atoms with Gasteiger partial charge in [-0.3, -0.25) is 0 Å². The molecule has 1 atom stereocenters. The Kier molecular flexibility index (Phi) is 5.21. The number of carbonyl (C=O) groups excluding carboxylic acids is 1. The Hall–Kier alpha value is -2.02. The van der Waals surface area contributed by atoms with Crippen LogP contribution in [0.1, 0.15) is 0 Å². The van der Waals surface area contributed by atoms with Crippen LogP contribution >= 0.6 is 11.6 Å². The van der Waals surface area contributed by atoms with Gasteiger partial charge in [0.25, 0.3) is 0 Å². The highest BCUT2D eigenvalue weighted by atomic mass is 35.5. The molecule has 0 aliphatic carbocycles. The van der Waals surface area contributed by atoms with Crippen molar-refractivity contribution in [2.24, 2.45) is 0 Å². The second-order valence-corrected chi connectivity index (χ2v) is 4.86. The predicted octanol–water partition coefficient (Wildman–Crippen LogP) is 1.61. The lowest BCUT2D eigenvalue weighted by molar-refractivity contribution is 0.0965. The maximum absolute atomic E-state index is 11.8. The molecule has 4 N–H and O–H groups in total. The maximum Gasteiger partial charge on any atom is 0.319 e. The SMILES string of the molecule is O=C(NCC(O)CO)Nc1ccc(Cl)cc1-n1cccc1. The number of urea groups is 1. The number of halogens is 1. The fraction of sp³-hybridized carbons (Fsp3) is 0.214. The molecule has 1 aromatic carbocycles.